The minimum absolute atomic E-state index is 0.0772. The number of carbonyl (C=O) groups excluding carboxylic acids is 1. The molecule has 4 nitrogen and oxygen atoms in total. The maximum absolute atomic E-state index is 11.7. The Labute approximate surface area is 92.5 Å². The zero-order chi connectivity index (χ0) is 11.8. The van der Waals surface area contributed by atoms with Gasteiger partial charge in [0.05, 0.1) is 12.7 Å². The van der Waals surface area contributed by atoms with Crippen molar-refractivity contribution in [1.29, 1.82) is 0 Å². The summed E-state index contributed by atoms with van der Waals surface area (Å²) < 4.78 is 10.1. The van der Waals surface area contributed by atoms with Crippen LogP contribution in [0.3, 0.4) is 0 Å². The van der Waals surface area contributed by atoms with Crippen molar-refractivity contribution < 1.29 is 14.3 Å². The number of hydrogen-bond donors (Lipinski definition) is 0. The number of ether oxygens (including phenoxy) is 2. The first-order valence-corrected chi connectivity index (χ1v) is 5.49. The van der Waals surface area contributed by atoms with Crippen LogP contribution >= 0.6 is 0 Å². The molecule has 4 heteroatoms. The summed E-state index contributed by atoms with van der Waals surface area (Å²) in [6.07, 6.45) is 0.583. The van der Waals surface area contributed by atoms with Crippen molar-refractivity contribution in [2.75, 3.05) is 20.3 Å². The molecule has 1 atom stereocenters. The minimum atomic E-state index is -0.253. The lowest BCUT2D eigenvalue weighted by Crippen LogP contribution is -2.41. The Balaban J connectivity index is 4.26. The summed E-state index contributed by atoms with van der Waals surface area (Å²) in [5.74, 6) is 0. The predicted molar refractivity (Wildman–Crippen MR) is 60.0 cm³/mol. The van der Waals surface area contributed by atoms with E-state index in [-0.39, 0.29) is 18.2 Å². The SMILES string of the molecule is CCC(C)N(CCOC)C(=O)OC(C)C. The first-order chi connectivity index (χ1) is 7.02. The lowest BCUT2D eigenvalue weighted by Gasteiger charge is -2.28. The van der Waals surface area contributed by atoms with Crippen molar-refractivity contribution in [2.24, 2.45) is 0 Å². The summed E-state index contributed by atoms with van der Waals surface area (Å²) in [6, 6.07) is 0.186. The molecular weight excluding hydrogens is 194 g/mol. The van der Waals surface area contributed by atoms with Gasteiger partial charge in [0.25, 0.3) is 0 Å². The standard InChI is InChI=1S/C11H23NO3/c1-6-10(4)12(7-8-14-5)11(13)15-9(2)3/h9-10H,6-8H2,1-5H3. The van der Waals surface area contributed by atoms with Gasteiger partial charge in [0.2, 0.25) is 0 Å². The van der Waals surface area contributed by atoms with Gasteiger partial charge in [-0.05, 0) is 27.2 Å². The third-order valence-corrected chi connectivity index (χ3v) is 2.23. The fraction of sp³-hybridized carbons (Fsp3) is 0.909. The highest BCUT2D eigenvalue weighted by Gasteiger charge is 2.20. The van der Waals surface area contributed by atoms with E-state index in [0.29, 0.717) is 13.2 Å². The van der Waals surface area contributed by atoms with Crippen LogP contribution in [0.1, 0.15) is 34.1 Å². The van der Waals surface area contributed by atoms with Crippen LogP contribution in [0.5, 0.6) is 0 Å². The first-order valence-electron chi connectivity index (χ1n) is 5.49. The molecule has 0 rings (SSSR count). The van der Waals surface area contributed by atoms with E-state index in [1.807, 2.05) is 27.7 Å². The van der Waals surface area contributed by atoms with Crippen molar-refractivity contribution in [1.82, 2.24) is 4.90 Å². The van der Waals surface area contributed by atoms with Crippen LogP contribution in [0.25, 0.3) is 0 Å². The molecule has 0 aliphatic carbocycles. The van der Waals surface area contributed by atoms with E-state index in [1.54, 1.807) is 12.0 Å². The molecule has 0 saturated carbocycles. The number of rotatable bonds is 6. The third-order valence-electron chi connectivity index (χ3n) is 2.23. The zero-order valence-electron chi connectivity index (χ0n) is 10.4. The van der Waals surface area contributed by atoms with Crippen LogP contribution in [0.2, 0.25) is 0 Å². The van der Waals surface area contributed by atoms with Gasteiger partial charge in [0.15, 0.2) is 0 Å². The molecule has 0 aliphatic heterocycles. The van der Waals surface area contributed by atoms with Crippen LogP contribution in [-0.2, 0) is 9.47 Å². The van der Waals surface area contributed by atoms with Gasteiger partial charge in [-0.3, -0.25) is 0 Å². The topological polar surface area (TPSA) is 38.8 Å². The molecule has 1 unspecified atom stereocenters. The molecule has 90 valence electrons. The molecule has 0 aromatic heterocycles. The Morgan fingerprint density at radius 1 is 1.33 bits per heavy atom. The zero-order valence-corrected chi connectivity index (χ0v) is 10.4. The number of carbonyl (C=O) groups is 1. The Morgan fingerprint density at radius 2 is 1.93 bits per heavy atom. The Morgan fingerprint density at radius 3 is 2.33 bits per heavy atom. The Kier molecular flexibility index (Phi) is 7.13. The predicted octanol–water partition coefficient (Wildman–Crippen LogP) is 2.28. The minimum Gasteiger partial charge on any atom is -0.447 e. The van der Waals surface area contributed by atoms with Crippen molar-refractivity contribution in [3.8, 4) is 0 Å². The van der Waals surface area contributed by atoms with Gasteiger partial charge in [-0.15, -0.1) is 0 Å². The van der Waals surface area contributed by atoms with Gasteiger partial charge in [0.1, 0.15) is 0 Å². The highest BCUT2D eigenvalue weighted by molar-refractivity contribution is 5.68. The molecular formula is C11H23NO3. The number of amides is 1. The molecule has 0 spiro atoms. The molecule has 0 heterocycles. The first kappa shape index (κ1) is 14.2. The van der Waals surface area contributed by atoms with Gasteiger partial charge in [0, 0.05) is 19.7 Å². The number of hydrogen-bond acceptors (Lipinski definition) is 3. The third kappa shape index (κ3) is 5.62. The molecule has 0 radical (unpaired) electrons. The lowest BCUT2D eigenvalue weighted by atomic mass is 10.2. The number of nitrogens with zero attached hydrogens (tertiary/aromatic N) is 1. The fourth-order valence-electron chi connectivity index (χ4n) is 1.17. The average Bonchev–Trinajstić information content (AvgIpc) is 2.16. The summed E-state index contributed by atoms with van der Waals surface area (Å²) in [7, 11) is 1.63. The van der Waals surface area contributed by atoms with E-state index in [0.717, 1.165) is 6.42 Å². The normalized spacial score (nSPS) is 12.7. The van der Waals surface area contributed by atoms with E-state index in [1.165, 1.54) is 0 Å². The molecule has 0 N–H and O–H groups in total. The van der Waals surface area contributed by atoms with Crippen molar-refractivity contribution >= 4 is 6.09 Å². The van der Waals surface area contributed by atoms with Gasteiger partial charge < -0.3 is 14.4 Å². The monoisotopic (exact) mass is 217 g/mol. The van der Waals surface area contributed by atoms with Gasteiger partial charge >= 0.3 is 6.09 Å². The lowest BCUT2D eigenvalue weighted by molar-refractivity contribution is 0.0536. The van der Waals surface area contributed by atoms with Crippen molar-refractivity contribution in [2.45, 2.75) is 46.3 Å². The molecule has 0 aliphatic rings. The van der Waals surface area contributed by atoms with E-state index in [9.17, 15) is 4.79 Å². The molecule has 0 aromatic rings. The molecule has 15 heavy (non-hydrogen) atoms. The van der Waals surface area contributed by atoms with Crippen molar-refractivity contribution in [3.63, 3.8) is 0 Å². The molecule has 0 aromatic carbocycles. The van der Waals surface area contributed by atoms with E-state index < -0.39 is 0 Å². The summed E-state index contributed by atoms with van der Waals surface area (Å²) >= 11 is 0. The van der Waals surface area contributed by atoms with Crippen LogP contribution in [0, 0.1) is 0 Å². The van der Waals surface area contributed by atoms with Crippen LogP contribution in [-0.4, -0.2) is 43.4 Å². The quantitative estimate of drug-likeness (QED) is 0.685. The van der Waals surface area contributed by atoms with Crippen LogP contribution in [0.4, 0.5) is 4.79 Å². The van der Waals surface area contributed by atoms with Crippen LogP contribution < -0.4 is 0 Å². The fourth-order valence-corrected chi connectivity index (χ4v) is 1.17. The summed E-state index contributed by atoms with van der Waals surface area (Å²) in [6.45, 7) is 8.88. The summed E-state index contributed by atoms with van der Waals surface area (Å²) in [5.41, 5.74) is 0. The second-order valence-electron chi connectivity index (χ2n) is 3.88. The molecule has 0 bridgehead atoms. The van der Waals surface area contributed by atoms with Gasteiger partial charge in [-0.25, -0.2) is 4.79 Å². The van der Waals surface area contributed by atoms with E-state index >= 15 is 0 Å². The van der Waals surface area contributed by atoms with Crippen LogP contribution in [0.15, 0.2) is 0 Å². The largest absolute Gasteiger partial charge is 0.447 e. The number of methoxy groups -OCH3 is 1. The maximum Gasteiger partial charge on any atom is 0.410 e. The van der Waals surface area contributed by atoms with Crippen molar-refractivity contribution in [3.05, 3.63) is 0 Å². The van der Waals surface area contributed by atoms with Gasteiger partial charge in [-0.1, -0.05) is 6.92 Å². The molecule has 1 amide bonds. The Hall–Kier alpha value is -0.770. The molecule has 0 fully saturated rings. The molecule has 0 saturated heterocycles. The highest BCUT2D eigenvalue weighted by Crippen LogP contribution is 2.07. The Bertz CT molecular complexity index is 183. The smallest absolute Gasteiger partial charge is 0.410 e. The van der Waals surface area contributed by atoms with Gasteiger partial charge in [-0.2, -0.15) is 0 Å². The van der Waals surface area contributed by atoms with E-state index in [2.05, 4.69) is 0 Å². The summed E-state index contributed by atoms with van der Waals surface area (Å²) in [4.78, 5) is 13.4. The maximum atomic E-state index is 11.7. The summed E-state index contributed by atoms with van der Waals surface area (Å²) in [5, 5.41) is 0. The average molecular weight is 217 g/mol. The second kappa shape index (κ2) is 7.51. The second-order valence-corrected chi connectivity index (χ2v) is 3.88. The van der Waals surface area contributed by atoms with E-state index in [4.69, 9.17) is 9.47 Å². The highest BCUT2D eigenvalue weighted by atomic mass is 16.6.